The Balaban J connectivity index is 2.77. The average molecular weight is 531 g/mol. The minimum absolute atomic E-state index is 0.0258. The second-order valence-electron chi connectivity index (χ2n) is 7.97. The highest BCUT2D eigenvalue weighted by molar-refractivity contribution is 7.99. The smallest absolute Gasteiger partial charge is 0.243 e. The molecule has 2 unspecified atom stereocenters. The fourth-order valence-electron chi connectivity index (χ4n) is 3.27. The van der Waals surface area contributed by atoms with Crippen molar-refractivity contribution in [1.29, 1.82) is 0 Å². The van der Waals surface area contributed by atoms with E-state index in [0.717, 1.165) is 22.7 Å². The summed E-state index contributed by atoms with van der Waals surface area (Å²) in [6.07, 6.45) is 1.74. The fraction of sp³-hybridized carbons (Fsp3) is 0.636. The summed E-state index contributed by atoms with van der Waals surface area (Å²) < 4.78 is 1.14. The highest BCUT2D eigenvalue weighted by Gasteiger charge is 2.23. The van der Waals surface area contributed by atoms with Gasteiger partial charge in [0.15, 0.2) is 5.88 Å². The zero-order valence-corrected chi connectivity index (χ0v) is 21.5. The quantitative estimate of drug-likeness (QED) is 0.0892. The van der Waals surface area contributed by atoms with Crippen molar-refractivity contribution in [2.24, 2.45) is 5.73 Å². The van der Waals surface area contributed by atoms with Crippen molar-refractivity contribution in [3.63, 3.8) is 0 Å². The van der Waals surface area contributed by atoms with Crippen molar-refractivity contribution >= 4 is 35.4 Å². The summed E-state index contributed by atoms with van der Waals surface area (Å²) in [5.74, 6) is -2.18. The number of rotatable bonds is 17. The molecule has 14 heteroatoms. The number of aliphatic hydroxyl groups is 1. The first kappa shape index (κ1) is 31.1. The summed E-state index contributed by atoms with van der Waals surface area (Å²) in [6, 6.07) is -0.344. The first-order chi connectivity index (χ1) is 17.1. The Morgan fingerprint density at radius 2 is 1.78 bits per heavy atom. The molecule has 0 aliphatic heterocycles. The number of aliphatic hydroxyl groups excluding tert-OH is 1. The number of nitrogens with one attached hydrogen (secondary N) is 4. The molecule has 9 N–H and O–H groups in total. The van der Waals surface area contributed by atoms with Crippen LogP contribution in [-0.2, 0) is 25.7 Å². The maximum Gasteiger partial charge on any atom is 0.243 e. The molecule has 204 valence electrons. The number of likely N-dealkylation sites (N-methyl/N-ethyl adjacent to an activating group) is 1. The normalized spacial score (nSPS) is 12.4. The molecule has 4 amide bonds. The number of nitrogens with zero attached hydrogens (tertiary/aromatic N) is 1. The third kappa shape index (κ3) is 10.7. The Hall–Kier alpha value is -2.97. The van der Waals surface area contributed by atoms with E-state index in [9.17, 15) is 29.4 Å². The zero-order chi connectivity index (χ0) is 27.1. The number of thioether (sulfide) groups is 1. The van der Waals surface area contributed by atoms with Gasteiger partial charge in [0.2, 0.25) is 29.5 Å². The van der Waals surface area contributed by atoms with Crippen molar-refractivity contribution in [3.05, 3.63) is 6.07 Å². The fourth-order valence-corrected chi connectivity index (χ4v) is 4.28. The number of aromatic hydroxyl groups is 2. The molecule has 0 spiro atoms. The van der Waals surface area contributed by atoms with Crippen LogP contribution in [-0.4, -0.2) is 87.6 Å². The number of hydrogen-bond donors (Lipinski definition) is 8. The van der Waals surface area contributed by atoms with Gasteiger partial charge in [0.25, 0.3) is 0 Å². The molecule has 0 aromatic carbocycles. The van der Waals surface area contributed by atoms with Crippen LogP contribution in [0.15, 0.2) is 11.0 Å². The number of aromatic nitrogens is 1. The highest BCUT2D eigenvalue weighted by Crippen LogP contribution is 2.35. The van der Waals surface area contributed by atoms with Crippen LogP contribution >= 0.6 is 11.8 Å². The summed E-state index contributed by atoms with van der Waals surface area (Å²) in [4.78, 5) is 48.6. The van der Waals surface area contributed by atoms with Gasteiger partial charge >= 0.3 is 0 Å². The van der Waals surface area contributed by atoms with Crippen LogP contribution in [0.2, 0.25) is 0 Å². The molecule has 36 heavy (non-hydrogen) atoms. The van der Waals surface area contributed by atoms with E-state index in [4.69, 9.17) is 10.8 Å². The van der Waals surface area contributed by atoms with E-state index in [1.54, 1.807) is 6.92 Å². The summed E-state index contributed by atoms with van der Waals surface area (Å²) in [5, 5.41) is 40.0. The Bertz CT molecular complexity index is 879. The number of hydrogen-bond acceptors (Lipinski definition) is 9. The molecule has 0 aliphatic rings. The van der Waals surface area contributed by atoms with E-state index in [1.165, 1.54) is 13.0 Å². The standard InChI is InChI=1S/C22H38N6O7S/c1-3-24-20(33)15(6-4-5-8-23)27-18(31)7-10-28-19(32)12-17(22(28)35)36-13-16(26-14(2)30)21(34)25-9-11-29/h12,15-16,29,32,35H,3-11,13,23H2,1-2H3,(H,24,33)(H,25,34)(H,26,30)(H,27,31). The summed E-state index contributed by atoms with van der Waals surface area (Å²) in [5.41, 5.74) is 5.50. The third-order valence-electron chi connectivity index (χ3n) is 5.04. The first-order valence-corrected chi connectivity index (χ1v) is 12.8. The Morgan fingerprint density at radius 1 is 1.08 bits per heavy atom. The number of nitrogens with two attached hydrogens (primary N) is 1. The lowest BCUT2D eigenvalue weighted by Crippen LogP contribution is -2.48. The molecule has 1 aromatic rings. The van der Waals surface area contributed by atoms with Crippen molar-refractivity contribution < 1.29 is 34.5 Å². The van der Waals surface area contributed by atoms with Crippen LogP contribution in [0.3, 0.4) is 0 Å². The summed E-state index contributed by atoms with van der Waals surface area (Å²) in [7, 11) is 0. The molecule has 1 rings (SSSR count). The molecule has 0 radical (unpaired) electrons. The van der Waals surface area contributed by atoms with Gasteiger partial charge in [-0.2, -0.15) is 0 Å². The van der Waals surface area contributed by atoms with Crippen molar-refractivity contribution in [1.82, 2.24) is 25.8 Å². The highest BCUT2D eigenvalue weighted by atomic mass is 32.2. The van der Waals surface area contributed by atoms with Gasteiger partial charge in [-0.05, 0) is 32.7 Å². The number of carbonyl (C=O) groups excluding carboxylic acids is 4. The lowest BCUT2D eigenvalue weighted by atomic mass is 10.1. The third-order valence-corrected chi connectivity index (χ3v) is 6.15. The van der Waals surface area contributed by atoms with Crippen LogP contribution in [0.5, 0.6) is 11.8 Å². The molecule has 1 heterocycles. The zero-order valence-electron chi connectivity index (χ0n) is 20.7. The van der Waals surface area contributed by atoms with E-state index >= 15 is 0 Å². The van der Waals surface area contributed by atoms with Crippen LogP contribution in [0.1, 0.15) is 39.5 Å². The average Bonchev–Trinajstić information content (AvgIpc) is 3.10. The second kappa shape index (κ2) is 16.7. The van der Waals surface area contributed by atoms with Gasteiger partial charge in [0.05, 0.1) is 11.5 Å². The Kier molecular flexibility index (Phi) is 14.4. The molecule has 0 saturated heterocycles. The van der Waals surface area contributed by atoms with Gasteiger partial charge in [-0.25, -0.2) is 0 Å². The van der Waals surface area contributed by atoms with Crippen molar-refractivity contribution in [2.75, 3.05) is 32.0 Å². The van der Waals surface area contributed by atoms with Gasteiger partial charge in [0, 0.05) is 44.8 Å². The predicted molar refractivity (Wildman–Crippen MR) is 134 cm³/mol. The van der Waals surface area contributed by atoms with Crippen LogP contribution in [0.25, 0.3) is 0 Å². The summed E-state index contributed by atoms with van der Waals surface area (Å²) in [6.45, 7) is 3.68. The largest absolute Gasteiger partial charge is 0.494 e. The molecule has 0 aliphatic carbocycles. The van der Waals surface area contributed by atoms with Crippen LogP contribution < -0.4 is 27.0 Å². The van der Waals surface area contributed by atoms with E-state index in [0.29, 0.717) is 25.9 Å². The lowest BCUT2D eigenvalue weighted by molar-refractivity contribution is -0.129. The number of unbranched alkanes of at least 4 members (excludes halogenated alkanes) is 1. The SMILES string of the molecule is CCNC(=O)C(CCCCN)NC(=O)CCn1c(O)cc(SCC(NC(C)=O)C(=O)NCCO)c1O. The van der Waals surface area contributed by atoms with Gasteiger partial charge in [-0.1, -0.05) is 0 Å². The van der Waals surface area contributed by atoms with Crippen LogP contribution in [0.4, 0.5) is 0 Å². The summed E-state index contributed by atoms with van der Waals surface area (Å²) >= 11 is 1.03. The first-order valence-electron chi connectivity index (χ1n) is 11.8. The second-order valence-corrected chi connectivity index (χ2v) is 9.03. The molecule has 2 atom stereocenters. The minimum atomic E-state index is -0.930. The molecular formula is C22H38N6O7S. The molecule has 0 bridgehead atoms. The lowest BCUT2D eigenvalue weighted by Gasteiger charge is -2.18. The van der Waals surface area contributed by atoms with Gasteiger partial charge in [-0.15, -0.1) is 11.8 Å². The van der Waals surface area contributed by atoms with Gasteiger partial charge < -0.3 is 42.3 Å². The van der Waals surface area contributed by atoms with E-state index in [-0.39, 0.29) is 54.4 Å². The Labute approximate surface area is 214 Å². The van der Waals surface area contributed by atoms with Crippen molar-refractivity contribution in [3.8, 4) is 11.8 Å². The van der Waals surface area contributed by atoms with Crippen molar-refractivity contribution in [2.45, 2.75) is 63.1 Å². The van der Waals surface area contributed by atoms with Gasteiger partial charge in [-0.3, -0.25) is 23.7 Å². The molecule has 1 aromatic heterocycles. The van der Waals surface area contributed by atoms with E-state index in [2.05, 4.69) is 21.3 Å². The molecule has 0 saturated carbocycles. The van der Waals surface area contributed by atoms with E-state index < -0.39 is 29.8 Å². The number of carbonyl (C=O) groups is 4. The van der Waals surface area contributed by atoms with Gasteiger partial charge in [0.1, 0.15) is 12.1 Å². The van der Waals surface area contributed by atoms with Crippen LogP contribution in [0, 0.1) is 0 Å². The molecular weight excluding hydrogens is 492 g/mol. The number of amides is 4. The monoisotopic (exact) mass is 530 g/mol. The topological polar surface area (TPSA) is 208 Å². The maximum atomic E-state index is 12.5. The maximum absolute atomic E-state index is 12.5. The predicted octanol–water partition coefficient (Wildman–Crippen LogP) is -1.26. The Morgan fingerprint density at radius 3 is 2.39 bits per heavy atom. The minimum Gasteiger partial charge on any atom is -0.494 e. The molecule has 0 fully saturated rings. The van der Waals surface area contributed by atoms with E-state index in [1.807, 2.05) is 0 Å². The molecule has 13 nitrogen and oxygen atoms in total.